The minimum absolute atomic E-state index is 0.0250. The van der Waals surface area contributed by atoms with Gasteiger partial charge in [0.2, 0.25) is 0 Å². The van der Waals surface area contributed by atoms with Gasteiger partial charge >= 0.3 is 5.97 Å². The molecule has 86 valence electrons. The van der Waals surface area contributed by atoms with Gasteiger partial charge in [-0.2, -0.15) is 0 Å². The Kier molecular flexibility index (Phi) is 3.29. The van der Waals surface area contributed by atoms with Crippen molar-refractivity contribution in [2.24, 2.45) is 0 Å². The molecule has 3 heteroatoms. The van der Waals surface area contributed by atoms with Crippen molar-refractivity contribution in [3.05, 3.63) is 0 Å². The predicted molar refractivity (Wildman–Crippen MR) is 58.6 cm³/mol. The molecule has 1 N–H and O–H groups in total. The molecule has 0 bridgehead atoms. The zero-order valence-corrected chi connectivity index (χ0v) is 9.55. The van der Waals surface area contributed by atoms with Crippen molar-refractivity contribution in [3.8, 4) is 0 Å². The molecule has 0 aromatic carbocycles. The third-order valence-corrected chi connectivity index (χ3v) is 3.71. The Balaban J connectivity index is 1.82. The van der Waals surface area contributed by atoms with E-state index in [2.05, 4.69) is 5.32 Å². The second-order valence-corrected chi connectivity index (χ2v) is 4.85. The molecule has 1 saturated carbocycles. The first kappa shape index (κ1) is 10.9. The summed E-state index contributed by atoms with van der Waals surface area (Å²) in [5.41, 5.74) is 0.286. The van der Waals surface area contributed by atoms with Crippen molar-refractivity contribution < 1.29 is 9.53 Å². The number of carbonyl (C=O) groups is 1. The quantitative estimate of drug-likeness (QED) is 0.710. The molecule has 2 rings (SSSR count). The molecule has 1 aliphatic carbocycles. The van der Waals surface area contributed by atoms with Crippen LogP contribution >= 0.6 is 0 Å². The molecule has 0 radical (unpaired) electrons. The fraction of sp³-hybridized carbons (Fsp3) is 0.917. The Morgan fingerprint density at radius 2 is 1.93 bits per heavy atom. The maximum absolute atomic E-state index is 11.5. The zero-order chi connectivity index (χ0) is 10.7. The lowest BCUT2D eigenvalue weighted by Crippen LogP contribution is -2.66. The van der Waals surface area contributed by atoms with E-state index < -0.39 is 0 Å². The second-order valence-electron chi connectivity index (χ2n) is 4.85. The zero-order valence-electron chi connectivity index (χ0n) is 9.55. The van der Waals surface area contributed by atoms with Crippen LogP contribution in [0.2, 0.25) is 0 Å². The van der Waals surface area contributed by atoms with Gasteiger partial charge in [0.25, 0.3) is 0 Å². The highest BCUT2D eigenvalue weighted by atomic mass is 16.5. The predicted octanol–water partition coefficient (Wildman–Crippen LogP) is 2.00. The number of hydrogen-bond acceptors (Lipinski definition) is 3. The summed E-state index contributed by atoms with van der Waals surface area (Å²) in [6, 6.07) is -0.0250. The monoisotopic (exact) mass is 211 g/mol. The number of esters is 1. The normalized spacial score (nSPS) is 29.3. The molecular formula is C12H21NO2. The molecular weight excluding hydrogens is 190 g/mol. The lowest BCUT2D eigenvalue weighted by atomic mass is 9.76. The summed E-state index contributed by atoms with van der Waals surface area (Å²) < 4.78 is 5.01. The highest BCUT2D eigenvalue weighted by Gasteiger charge is 2.46. The van der Waals surface area contributed by atoms with Gasteiger partial charge in [-0.15, -0.1) is 0 Å². The number of rotatable bonds is 2. The third-order valence-electron chi connectivity index (χ3n) is 3.71. The average Bonchev–Trinajstić information content (AvgIpc) is 2.40. The molecule has 0 amide bonds. The van der Waals surface area contributed by atoms with Gasteiger partial charge in [-0.05, 0) is 26.2 Å². The minimum atomic E-state index is -0.0626. The maximum Gasteiger partial charge on any atom is 0.323 e. The highest BCUT2D eigenvalue weighted by Crippen LogP contribution is 2.37. The second kappa shape index (κ2) is 4.52. The Labute approximate surface area is 91.6 Å². The van der Waals surface area contributed by atoms with Crippen LogP contribution in [-0.2, 0) is 9.53 Å². The van der Waals surface area contributed by atoms with Gasteiger partial charge in [0.15, 0.2) is 0 Å². The van der Waals surface area contributed by atoms with Crippen molar-refractivity contribution in [1.29, 1.82) is 0 Å². The fourth-order valence-electron chi connectivity index (χ4n) is 2.88. The summed E-state index contributed by atoms with van der Waals surface area (Å²) in [6.45, 7) is 2.35. The van der Waals surface area contributed by atoms with Gasteiger partial charge in [0.1, 0.15) is 6.04 Å². The smallest absolute Gasteiger partial charge is 0.323 e. The lowest BCUT2D eigenvalue weighted by molar-refractivity contribution is -0.151. The van der Waals surface area contributed by atoms with Crippen molar-refractivity contribution in [2.75, 3.05) is 6.61 Å². The summed E-state index contributed by atoms with van der Waals surface area (Å²) in [6.07, 6.45) is 8.80. The summed E-state index contributed by atoms with van der Waals surface area (Å²) in [5, 5.41) is 3.45. The first-order chi connectivity index (χ1) is 7.26. The van der Waals surface area contributed by atoms with Gasteiger partial charge in [0.05, 0.1) is 6.61 Å². The van der Waals surface area contributed by atoms with Crippen LogP contribution in [0.1, 0.15) is 51.9 Å². The number of ether oxygens (including phenoxy) is 1. The molecule has 3 nitrogen and oxygen atoms in total. The minimum Gasteiger partial charge on any atom is -0.465 e. The van der Waals surface area contributed by atoms with E-state index in [1.807, 2.05) is 6.92 Å². The third kappa shape index (κ3) is 2.33. The fourth-order valence-corrected chi connectivity index (χ4v) is 2.88. The summed E-state index contributed by atoms with van der Waals surface area (Å²) in [4.78, 5) is 11.5. The summed E-state index contributed by atoms with van der Waals surface area (Å²) in [5.74, 6) is -0.0626. The van der Waals surface area contributed by atoms with Crippen LogP contribution in [0.4, 0.5) is 0 Å². The van der Waals surface area contributed by atoms with E-state index in [-0.39, 0.29) is 17.6 Å². The van der Waals surface area contributed by atoms with Crippen LogP contribution in [0, 0.1) is 0 Å². The molecule has 0 aromatic heterocycles. The SMILES string of the molecule is CCOC(=O)C1CC2(CCCCCC2)N1. The van der Waals surface area contributed by atoms with E-state index >= 15 is 0 Å². The number of nitrogens with one attached hydrogen (secondary N) is 1. The van der Waals surface area contributed by atoms with E-state index in [1.54, 1.807) is 0 Å². The summed E-state index contributed by atoms with van der Waals surface area (Å²) in [7, 11) is 0. The van der Waals surface area contributed by atoms with E-state index in [9.17, 15) is 4.79 Å². The number of carbonyl (C=O) groups excluding carboxylic acids is 1. The first-order valence-corrected chi connectivity index (χ1v) is 6.20. The van der Waals surface area contributed by atoms with Crippen LogP contribution < -0.4 is 5.32 Å². The lowest BCUT2D eigenvalue weighted by Gasteiger charge is -2.48. The molecule has 2 fully saturated rings. The number of hydrogen-bond donors (Lipinski definition) is 1. The average molecular weight is 211 g/mol. The largest absolute Gasteiger partial charge is 0.465 e. The van der Waals surface area contributed by atoms with E-state index in [0.29, 0.717) is 6.61 Å². The van der Waals surface area contributed by atoms with Crippen LogP contribution in [0.25, 0.3) is 0 Å². The molecule has 1 unspecified atom stereocenters. The van der Waals surface area contributed by atoms with Crippen molar-refractivity contribution >= 4 is 5.97 Å². The molecule has 0 aromatic rings. The van der Waals surface area contributed by atoms with Crippen molar-refractivity contribution in [1.82, 2.24) is 5.32 Å². The van der Waals surface area contributed by atoms with Crippen LogP contribution in [0.15, 0.2) is 0 Å². The first-order valence-electron chi connectivity index (χ1n) is 6.20. The Bertz CT molecular complexity index is 224. The Morgan fingerprint density at radius 1 is 1.33 bits per heavy atom. The van der Waals surface area contributed by atoms with Gasteiger partial charge in [-0.3, -0.25) is 10.1 Å². The summed E-state index contributed by atoms with van der Waals surface area (Å²) >= 11 is 0. The van der Waals surface area contributed by atoms with Crippen LogP contribution in [0.3, 0.4) is 0 Å². The van der Waals surface area contributed by atoms with Gasteiger partial charge in [0, 0.05) is 5.54 Å². The molecule has 1 aliphatic heterocycles. The van der Waals surface area contributed by atoms with E-state index in [0.717, 1.165) is 6.42 Å². The standard InChI is InChI=1S/C12H21NO2/c1-2-15-11(14)10-9-12(13-10)7-5-3-4-6-8-12/h10,13H,2-9H2,1H3. The van der Waals surface area contributed by atoms with E-state index in [4.69, 9.17) is 4.74 Å². The van der Waals surface area contributed by atoms with Crippen LogP contribution in [0.5, 0.6) is 0 Å². The molecule has 15 heavy (non-hydrogen) atoms. The van der Waals surface area contributed by atoms with Crippen LogP contribution in [-0.4, -0.2) is 24.2 Å². The van der Waals surface area contributed by atoms with E-state index in [1.165, 1.54) is 38.5 Å². The maximum atomic E-state index is 11.5. The van der Waals surface area contributed by atoms with Gasteiger partial charge in [-0.1, -0.05) is 25.7 Å². The van der Waals surface area contributed by atoms with Crippen molar-refractivity contribution in [3.63, 3.8) is 0 Å². The Hall–Kier alpha value is -0.570. The van der Waals surface area contributed by atoms with Gasteiger partial charge in [-0.25, -0.2) is 0 Å². The molecule has 1 saturated heterocycles. The van der Waals surface area contributed by atoms with Gasteiger partial charge < -0.3 is 4.74 Å². The molecule has 2 aliphatic rings. The topological polar surface area (TPSA) is 38.3 Å². The van der Waals surface area contributed by atoms with Crippen molar-refractivity contribution in [2.45, 2.75) is 63.5 Å². The molecule has 1 atom stereocenters. The highest BCUT2D eigenvalue weighted by molar-refractivity contribution is 5.77. The Morgan fingerprint density at radius 3 is 2.47 bits per heavy atom. The molecule has 1 heterocycles. The molecule has 1 spiro atoms.